The van der Waals surface area contributed by atoms with Gasteiger partial charge in [0.05, 0.1) is 26.4 Å². The number of ether oxygens (including phenoxy) is 8. The van der Waals surface area contributed by atoms with Crippen molar-refractivity contribution in [2.24, 2.45) is 0 Å². The minimum Gasteiger partial charge on any atom is -0.491 e. The smallest absolute Gasteiger partial charge is 0.150 e. The van der Waals surface area contributed by atoms with Gasteiger partial charge in [0.1, 0.15) is 62.0 Å². The Morgan fingerprint density at radius 2 is 0.594 bits per heavy atom. The molecule has 0 aromatic heterocycles. The van der Waals surface area contributed by atoms with Crippen LogP contribution in [0.5, 0.6) is 23.0 Å². The topological polar surface area (TPSA) is 108 Å². The molecule has 0 saturated heterocycles. The van der Waals surface area contributed by atoms with Crippen molar-refractivity contribution >= 4 is 12.6 Å². The maximum Gasteiger partial charge on any atom is 0.150 e. The van der Waals surface area contributed by atoms with Crippen molar-refractivity contribution in [3.8, 4) is 23.0 Å². The summed E-state index contributed by atoms with van der Waals surface area (Å²) in [6.45, 7) is 26.3. The third-order valence-corrected chi connectivity index (χ3v) is 11.3. The van der Waals surface area contributed by atoms with E-state index in [0.717, 1.165) is 79.7 Å². The summed E-state index contributed by atoms with van der Waals surface area (Å²) in [4.78, 5) is 25.8. The second-order valence-corrected chi connectivity index (χ2v) is 18.2. The number of hydrogen-bond donors (Lipinski definition) is 0. The normalized spacial score (nSPS) is 12.8. The molecule has 0 heterocycles. The molecule has 0 amide bonds. The van der Waals surface area contributed by atoms with Crippen molar-refractivity contribution in [2.75, 3.05) is 79.3 Å². The molecule has 10 heteroatoms. The second kappa shape index (κ2) is 24.0. The van der Waals surface area contributed by atoms with E-state index in [9.17, 15) is 9.59 Å². The molecule has 0 fully saturated rings. The van der Waals surface area contributed by atoms with Crippen molar-refractivity contribution in [1.29, 1.82) is 0 Å². The molecule has 348 valence electrons. The summed E-state index contributed by atoms with van der Waals surface area (Å²) >= 11 is 0. The van der Waals surface area contributed by atoms with Crippen molar-refractivity contribution in [3.63, 3.8) is 0 Å². The first-order valence-corrected chi connectivity index (χ1v) is 23.1. The minimum atomic E-state index is -0.237. The first-order chi connectivity index (χ1) is 30.7. The van der Waals surface area contributed by atoms with Crippen LogP contribution < -0.4 is 18.9 Å². The van der Waals surface area contributed by atoms with Crippen LogP contribution in [-0.4, -0.2) is 91.9 Å². The molecule has 64 heavy (non-hydrogen) atoms. The molecule has 0 radical (unpaired) electrons. The van der Waals surface area contributed by atoms with Crippen LogP contribution in [0.15, 0.2) is 48.5 Å². The minimum absolute atomic E-state index is 0.237. The summed E-state index contributed by atoms with van der Waals surface area (Å²) < 4.78 is 50.2. The van der Waals surface area contributed by atoms with Gasteiger partial charge in [0.15, 0.2) is 0 Å². The summed E-state index contributed by atoms with van der Waals surface area (Å²) in [7, 11) is 0. The molecule has 4 aromatic rings. The lowest BCUT2D eigenvalue weighted by atomic mass is 9.81. The fourth-order valence-electron chi connectivity index (χ4n) is 8.07. The van der Waals surface area contributed by atoms with Gasteiger partial charge in [0.25, 0.3) is 0 Å². The van der Waals surface area contributed by atoms with Gasteiger partial charge < -0.3 is 37.9 Å². The molecule has 1 aliphatic rings. The van der Waals surface area contributed by atoms with Crippen LogP contribution in [0, 0.1) is 0 Å². The Kier molecular flexibility index (Phi) is 18.8. The van der Waals surface area contributed by atoms with Crippen LogP contribution in [0.4, 0.5) is 0 Å². The molecule has 5 rings (SSSR count). The van der Waals surface area contributed by atoms with E-state index in [1.54, 1.807) is 0 Å². The summed E-state index contributed by atoms with van der Waals surface area (Å²) in [5.41, 5.74) is 10.0. The highest BCUT2D eigenvalue weighted by Crippen LogP contribution is 2.42. The lowest BCUT2D eigenvalue weighted by molar-refractivity contribution is 0.108. The molecule has 0 atom stereocenters. The van der Waals surface area contributed by atoms with Crippen molar-refractivity contribution < 1.29 is 47.5 Å². The Balaban J connectivity index is 1.92. The predicted octanol–water partition coefficient (Wildman–Crippen LogP) is 10.2. The maximum atomic E-state index is 12.9. The lowest BCUT2D eigenvalue weighted by Crippen LogP contribution is -2.17. The Bertz CT molecular complexity index is 1910. The zero-order valence-corrected chi connectivity index (χ0v) is 40.2. The first-order valence-electron chi connectivity index (χ1n) is 23.1. The van der Waals surface area contributed by atoms with E-state index in [2.05, 4.69) is 65.8 Å². The number of fused-ring (bicyclic) bond motifs is 8. The standard InChI is InChI=1S/C54H72O10/c1-11-57-15-19-61-49-39-23-37(35-55)24-40(49)28-44-32-48(54(8,9)10)34-46(52(44)64-22-18-60-14-4)30-42-26-38(36-56)25-41(50(42)62-20-16-58-12-2)29-45-33-47(53(5,6)7)31-43(27-39)51(45)63-21-17-59-13-3/h23-26,31-36H,11-22,27-30H2,1-10H3. The van der Waals surface area contributed by atoms with E-state index in [0.29, 0.717) is 128 Å². The van der Waals surface area contributed by atoms with E-state index < -0.39 is 0 Å². The quantitative estimate of drug-likeness (QED) is 0.0493. The van der Waals surface area contributed by atoms with Crippen LogP contribution in [0.1, 0.15) is 146 Å². The Morgan fingerprint density at radius 3 is 0.781 bits per heavy atom. The van der Waals surface area contributed by atoms with Gasteiger partial charge in [-0.25, -0.2) is 0 Å². The van der Waals surface area contributed by atoms with Crippen molar-refractivity contribution in [3.05, 3.63) is 115 Å². The number of rotatable bonds is 22. The van der Waals surface area contributed by atoms with E-state index in [4.69, 9.17) is 37.9 Å². The molecule has 0 aliphatic heterocycles. The highest BCUT2D eigenvalue weighted by molar-refractivity contribution is 5.78. The molecule has 4 aromatic carbocycles. The van der Waals surface area contributed by atoms with Crippen LogP contribution in [0.3, 0.4) is 0 Å². The van der Waals surface area contributed by atoms with Crippen LogP contribution >= 0.6 is 0 Å². The number of benzene rings is 4. The molecule has 1 aliphatic carbocycles. The van der Waals surface area contributed by atoms with E-state index in [1.807, 2.05) is 52.0 Å². The lowest BCUT2D eigenvalue weighted by Gasteiger charge is -2.27. The Labute approximate surface area is 382 Å². The first kappa shape index (κ1) is 50.3. The van der Waals surface area contributed by atoms with Gasteiger partial charge >= 0.3 is 0 Å². The van der Waals surface area contributed by atoms with Crippen LogP contribution in [0.2, 0.25) is 0 Å². The van der Waals surface area contributed by atoms with Gasteiger partial charge in [-0.2, -0.15) is 0 Å². The highest BCUT2D eigenvalue weighted by Gasteiger charge is 2.27. The van der Waals surface area contributed by atoms with Gasteiger partial charge in [-0.15, -0.1) is 0 Å². The fourth-order valence-corrected chi connectivity index (χ4v) is 8.07. The van der Waals surface area contributed by atoms with Gasteiger partial charge in [-0.3, -0.25) is 9.59 Å². The van der Waals surface area contributed by atoms with E-state index in [1.165, 1.54) is 0 Å². The summed E-state index contributed by atoms with van der Waals surface area (Å²) in [5.74, 6) is 2.85. The summed E-state index contributed by atoms with van der Waals surface area (Å²) in [5, 5.41) is 0. The molecule has 0 unspecified atom stereocenters. The molecule has 0 spiro atoms. The number of carbonyl (C=O) groups is 2. The van der Waals surface area contributed by atoms with Gasteiger partial charge in [0, 0.05) is 63.2 Å². The van der Waals surface area contributed by atoms with E-state index in [-0.39, 0.29) is 10.8 Å². The Morgan fingerprint density at radius 1 is 0.375 bits per heavy atom. The van der Waals surface area contributed by atoms with Gasteiger partial charge in [-0.1, -0.05) is 65.8 Å². The third-order valence-electron chi connectivity index (χ3n) is 11.3. The molecule has 0 saturated carbocycles. The van der Waals surface area contributed by atoms with E-state index >= 15 is 0 Å². The summed E-state index contributed by atoms with van der Waals surface area (Å²) in [6.07, 6.45) is 3.44. The van der Waals surface area contributed by atoms with Crippen molar-refractivity contribution in [1.82, 2.24) is 0 Å². The predicted molar refractivity (Wildman–Crippen MR) is 253 cm³/mol. The number of aldehydes is 2. The number of carbonyl (C=O) groups excluding carboxylic acids is 2. The van der Waals surface area contributed by atoms with Crippen LogP contribution in [-0.2, 0) is 55.5 Å². The Hall–Kier alpha value is -4.74. The zero-order chi connectivity index (χ0) is 46.3. The van der Waals surface area contributed by atoms with Gasteiger partial charge in [0.2, 0.25) is 0 Å². The maximum absolute atomic E-state index is 12.9. The molecule has 10 nitrogen and oxygen atoms in total. The summed E-state index contributed by atoms with van der Waals surface area (Å²) in [6, 6.07) is 16.6. The third kappa shape index (κ3) is 13.6. The molecule has 0 N–H and O–H groups in total. The molecular weight excluding hydrogens is 809 g/mol. The van der Waals surface area contributed by atoms with Crippen LogP contribution in [0.25, 0.3) is 0 Å². The second-order valence-electron chi connectivity index (χ2n) is 18.2. The monoisotopic (exact) mass is 881 g/mol. The SMILES string of the molecule is CCOCCOc1c2cc(C=O)cc1Cc1cc(C(C)(C)C)cc(c1OCCOCC)Cc1cc(C=O)cc(c1OCCOCC)Cc1cc(C(C)(C)C)cc(c1OCCOCC)C2. The molecular formula is C54H72O10. The number of hydrogen-bond acceptors (Lipinski definition) is 10. The average Bonchev–Trinajstić information content (AvgIpc) is 3.25. The average molecular weight is 881 g/mol. The fraction of sp³-hybridized carbons (Fsp3) is 0.519. The highest BCUT2D eigenvalue weighted by atomic mass is 16.5. The zero-order valence-electron chi connectivity index (χ0n) is 40.2. The largest absolute Gasteiger partial charge is 0.491 e. The van der Waals surface area contributed by atoms with Crippen molar-refractivity contribution in [2.45, 2.75) is 106 Å². The molecule has 8 bridgehead atoms. The van der Waals surface area contributed by atoms with Gasteiger partial charge in [-0.05, 0) is 118 Å².